The molecule has 0 radical (unpaired) electrons. The van der Waals surface area contributed by atoms with Crippen LogP contribution in [0.15, 0.2) is 60.7 Å². The number of hydrogen-bond acceptors (Lipinski definition) is 3. The molecular formula is C18H16O3. The maximum absolute atomic E-state index is 12.6. The van der Waals surface area contributed by atoms with Crippen molar-refractivity contribution >= 4 is 5.78 Å². The summed E-state index contributed by atoms with van der Waals surface area (Å²) >= 11 is 0. The van der Waals surface area contributed by atoms with Crippen molar-refractivity contribution in [3.63, 3.8) is 0 Å². The Bertz CT molecular complexity index is 704. The molecule has 0 amide bonds. The molecule has 0 aliphatic heterocycles. The number of allylic oxidation sites excluding steroid dienone is 2. The van der Waals surface area contributed by atoms with Crippen LogP contribution in [0.25, 0.3) is 0 Å². The highest BCUT2D eigenvalue weighted by Crippen LogP contribution is 2.43. The summed E-state index contributed by atoms with van der Waals surface area (Å²) in [5, 5.41) is 9.77. The summed E-state index contributed by atoms with van der Waals surface area (Å²) in [6, 6.07) is 14.8. The molecule has 1 aliphatic carbocycles. The lowest BCUT2D eigenvalue weighted by Gasteiger charge is -2.29. The maximum atomic E-state index is 12.6. The molecule has 0 saturated carbocycles. The lowest BCUT2D eigenvalue weighted by atomic mass is 9.72. The molecule has 0 spiro atoms. The summed E-state index contributed by atoms with van der Waals surface area (Å²) in [6.07, 6.45) is 4.14. The topological polar surface area (TPSA) is 46.5 Å². The summed E-state index contributed by atoms with van der Waals surface area (Å²) in [5.41, 5.74) is 1.06. The molecular weight excluding hydrogens is 264 g/mol. The Hall–Kier alpha value is -2.55. The largest absolute Gasteiger partial charge is 0.504 e. The Kier molecular flexibility index (Phi) is 3.26. The second-order valence-corrected chi connectivity index (χ2v) is 5.13. The van der Waals surface area contributed by atoms with Crippen LogP contribution in [0.1, 0.15) is 17.5 Å². The van der Waals surface area contributed by atoms with Gasteiger partial charge >= 0.3 is 0 Å². The van der Waals surface area contributed by atoms with E-state index in [-0.39, 0.29) is 11.5 Å². The number of hydrogen-bond donors (Lipinski definition) is 1. The molecule has 0 saturated heterocycles. The van der Waals surface area contributed by atoms with Crippen molar-refractivity contribution < 1.29 is 14.6 Å². The van der Waals surface area contributed by atoms with E-state index in [0.29, 0.717) is 12.2 Å². The number of methoxy groups -OCH3 is 1. The smallest absolute Gasteiger partial charge is 0.170 e. The summed E-state index contributed by atoms with van der Waals surface area (Å²) in [5.74, 6) is 0.506. The van der Waals surface area contributed by atoms with Gasteiger partial charge in [-0.15, -0.1) is 0 Å². The van der Waals surface area contributed by atoms with Crippen LogP contribution in [0.5, 0.6) is 11.5 Å². The van der Waals surface area contributed by atoms with Crippen molar-refractivity contribution in [3.8, 4) is 11.5 Å². The minimum Gasteiger partial charge on any atom is -0.504 e. The Labute approximate surface area is 123 Å². The SMILES string of the molecule is COc1cc(C2(c3ccccc3)CC=CC2=O)ccc1O. The normalized spacial score (nSPS) is 20.7. The van der Waals surface area contributed by atoms with Gasteiger partial charge in [-0.05, 0) is 35.8 Å². The van der Waals surface area contributed by atoms with Crippen LogP contribution in [0, 0.1) is 0 Å². The fraction of sp³-hybridized carbons (Fsp3) is 0.167. The predicted molar refractivity (Wildman–Crippen MR) is 80.6 cm³/mol. The fourth-order valence-electron chi connectivity index (χ4n) is 2.94. The molecule has 0 fully saturated rings. The van der Waals surface area contributed by atoms with Crippen molar-refractivity contribution in [1.82, 2.24) is 0 Å². The molecule has 106 valence electrons. The van der Waals surface area contributed by atoms with Crippen LogP contribution in [0.4, 0.5) is 0 Å². The molecule has 1 atom stereocenters. The molecule has 3 nitrogen and oxygen atoms in total. The van der Waals surface area contributed by atoms with Crippen LogP contribution in [-0.2, 0) is 10.2 Å². The van der Waals surface area contributed by atoms with E-state index in [9.17, 15) is 9.90 Å². The minimum atomic E-state index is -0.720. The van der Waals surface area contributed by atoms with Gasteiger partial charge in [-0.1, -0.05) is 42.5 Å². The second-order valence-electron chi connectivity index (χ2n) is 5.13. The molecule has 3 rings (SSSR count). The number of ether oxygens (including phenoxy) is 1. The van der Waals surface area contributed by atoms with E-state index < -0.39 is 5.41 Å². The quantitative estimate of drug-likeness (QED) is 0.939. The van der Waals surface area contributed by atoms with Gasteiger partial charge in [-0.2, -0.15) is 0 Å². The summed E-state index contributed by atoms with van der Waals surface area (Å²) in [6.45, 7) is 0. The van der Waals surface area contributed by atoms with E-state index in [4.69, 9.17) is 4.74 Å². The van der Waals surface area contributed by atoms with Crippen molar-refractivity contribution in [2.75, 3.05) is 7.11 Å². The van der Waals surface area contributed by atoms with Gasteiger partial charge in [0.05, 0.1) is 12.5 Å². The van der Waals surface area contributed by atoms with E-state index in [1.165, 1.54) is 7.11 Å². The molecule has 3 heteroatoms. The lowest BCUT2D eigenvalue weighted by molar-refractivity contribution is -0.117. The molecule has 1 aliphatic rings. The first-order valence-electron chi connectivity index (χ1n) is 6.82. The van der Waals surface area contributed by atoms with Crippen molar-refractivity contribution in [1.29, 1.82) is 0 Å². The third-order valence-electron chi connectivity index (χ3n) is 4.05. The molecule has 0 bridgehead atoms. The number of benzene rings is 2. The second kappa shape index (κ2) is 5.09. The molecule has 2 aromatic carbocycles. The Morgan fingerprint density at radius 3 is 2.48 bits per heavy atom. The third kappa shape index (κ3) is 2.02. The zero-order valence-corrected chi connectivity index (χ0v) is 11.7. The van der Waals surface area contributed by atoms with Gasteiger partial charge < -0.3 is 9.84 Å². The number of carbonyl (C=O) groups excluding carboxylic acids is 1. The highest BCUT2D eigenvalue weighted by molar-refractivity contribution is 6.04. The zero-order chi connectivity index (χ0) is 14.9. The molecule has 0 heterocycles. The molecule has 2 aromatic rings. The molecule has 1 unspecified atom stereocenters. The van der Waals surface area contributed by atoms with Gasteiger partial charge in [-0.3, -0.25) is 4.79 Å². The Morgan fingerprint density at radius 2 is 1.86 bits per heavy atom. The molecule has 1 N–H and O–H groups in total. The number of rotatable bonds is 3. The first-order chi connectivity index (χ1) is 10.2. The van der Waals surface area contributed by atoms with E-state index in [2.05, 4.69) is 0 Å². The van der Waals surface area contributed by atoms with Crippen molar-refractivity contribution in [2.45, 2.75) is 11.8 Å². The molecule has 0 aromatic heterocycles. The third-order valence-corrected chi connectivity index (χ3v) is 4.05. The van der Waals surface area contributed by atoms with E-state index in [1.807, 2.05) is 36.4 Å². The molecule has 21 heavy (non-hydrogen) atoms. The number of aromatic hydroxyl groups is 1. The average Bonchev–Trinajstić information content (AvgIpc) is 2.91. The van der Waals surface area contributed by atoms with Crippen molar-refractivity contribution in [2.24, 2.45) is 0 Å². The van der Waals surface area contributed by atoms with Crippen LogP contribution in [0.2, 0.25) is 0 Å². The lowest BCUT2D eigenvalue weighted by Crippen LogP contribution is -2.32. The van der Waals surface area contributed by atoms with E-state index in [1.54, 1.807) is 24.3 Å². The van der Waals surface area contributed by atoms with Crippen molar-refractivity contribution in [3.05, 3.63) is 71.8 Å². The average molecular weight is 280 g/mol. The maximum Gasteiger partial charge on any atom is 0.170 e. The number of carbonyl (C=O) groups is 1. The number of phenolic OH excluding ortho intramolecular Hbond substituents is 1. The highest BCUT2D eigenvalue weighted by atomic mass is 16.5. The van der Waals surface area contributed by atoms with Crippen LogP contribution in [-0.4, -0.2) is 18.0 Å². The van der Waals surface area contributed by atoms with Crippen LogP contribution in [0.3, 0.4) is 0 Å². The highest BCUT2D eigenvalue weighted by Gasteiger charge is 2.42. The fourth-order valence-corrected chi connectivity index (χ4v) is 2.94. The van der Waals surface area contributed by atoms with Gasteiger partial charge in [0.2, 0.25) is 0 Å². The summed E-state index contributed by atoms with van der Waals surface area (Å²) in [4.78, 5) is 12.6. The monoisotopic (exact) mass is 280 g/mol. The van der Waals surface area contributed by atoms with Gasteiger partial charge in [0.25, 0.3) is 0 Å². The first-order valence-corrected chi connectivity index (χ1v) is 6.82. The first kappa shape index (κ1) is 13.4. The standard InChI is InChI=1S/C18H16O3/c1-21-16-12-14(9-10-15(16)19)18(11-5-8-17(18)20)13-6-3-2-4-7-13/h2-10,12,19H,11H2,1H3. The zero-order valence-electron chi connectivity index (χ0n) is 11.7. The number of phenols is 1. The van der Waals surface area contributed by atoms with E-state index in [0.717, 1.165) is 11.1 Å². The van der Waals surface area contributed by atoms with Gasteiger partial charge in [0, 0.05) is 0 Å². The van der Waals surface area contributed by atoms with Gasteiger partial charge in [-0.25, -0.2) is 0 Å². The predicted octanol–water partition coefficient (Wildman–Crippen LogP) is 3.22. The summed E-state index contributed by atoms with van der Waals surface area (Å²) < 4.78 is 5.18. The Balaban J connectivity index is 2.20. The number of ketones is 1. The minimum absolute atomic E-state index is 0.0569. The summed E-state index contributed by atoms with van der Waals surface area (Å²) in [7, 11) is 1.50. The van der Waals surface area contributed by atoms with Gasteiger partial charge in [0.1, 0.15) is 0 Å². The van der Waals surface area contributed by atoms with Crippen LogP contribution >= 0.6 is 0 Å². The van der Waals surface area contributed by atoms with Gasteiger partial charge in [0.15, 0.2) is 17.3 Å². The van der Waals surface area contributed by atoms with E-state index >= 15 is 0 Å². The Morgan fingerprint density at radius 1 is 1.10 bits per heavy atom. The van der Waals surface area contributed by atoms with Crippen LogP contribution < -0.4 is 4.74 Å².